The Labute approximate surface area is 141 Å². The molecule has 1 saturated heterocycles. The van der Waals surface area contributed by atoms with Crippen molar-refractivity contribution in [1.82, 2.24) is 15.1 Å². The van der Waals surface area contributed by atoms with Gasteiger partial charge < -0.3 is 5.32 Å². The number of benzene rings is 1. The van der Waals surface area contributed by atoms with Crippen LogP contribution in [0.2, 0.25) is 0 Å². The number of aryl methyl sites for hydroxylation is 1. The van der Waals surface area contributed by atoms with Gasteiger partial charge in [-0.15, -0.1) is 0 Å². The van der Waals surface area contributed by atoms with Gasteiger partial charge >= 0.3 is 0 Å². The third-order valence-corrected chi connectivity index (χ3v) is 6.15. The summed E-state index contributed by atoms with van der Waals surface area (Å²) in [6, 6.07) is 9.51. The Bertz CT molecular complexity index is 857. The first kappa shape index (κ1) is 16.7. The number of hydrogen-bond acceptors (Lipinski definition) is 4. The molecule has 1 amide bonds. The lowest BCUT2D eigenvalue weighted by Gasteiger charge is -2.11. The van der Waals surface area contributed by atoms with E-state index < -0.39 is 9.84 Å². The van der Waals surface area contributed by atoms with Crippen LogP contribution < -0.4 is 5.32 Å². The molecule has 0 unspecified atom stereocenters. The van der Waals surface area contributed by atoms with Gasteiger partial charge in [0.2, 0.25) is 0 Å². The summed E-state index contributed by atoms with van der Waals surface area (Å²) in [5.74, 6) is 0.104. The minimum atomic E-state index is -2.99. The van der Waals surface area contributed by atoms with E-state index in [1.165, 1.54) is 0 Å². The van der Waals surface area contributed by atoms with Crippen molar-refractivity contribution in [1.29, 1.82) is 0 Å². The number of aromatic nitrogens is 2. The number of carbonyl (C=O) groups is 1. The van der Waals surface area contributed by atoms with Crippen LogP contribution in [-0.4, -0.2) is 35.6 Å². The SMILES string of the molecule is Cc1nn([C@@H]2CCS(=O)(=O)C2)c(C)c1C(=O)NCc1ccccc1. The van der Waals surface area contributed by atoms with Gasteiger partial charge in [-0.05, 0) is 25.8 Å². The molecule has 0 aliphatic carbocycles. The quantitative estimate of drug-likeness (QED) is 0.914. The normalized spacial score (nSPS) is 19.3. The van der Waals surface area contributed by atoms with E-state index in [1.807, 2.05) is 37.3 Å². The summed E-state index contributed by atoms with van der Waals surface area (Å²) in [4.78, 5) is 12.5. The first-order valence-corrected chi connectivity index (χ1v) is 9.78. The van der Waals surface area contributed by atoms with E-state index in [4.69, 9.17) is 0 Å². The summed E-state index contributed by atoms with van der Waals surface area (Å²) in [6.07, 6.45) is 0.551. The molecule has 6 nitrogen and oxygen atoms in total. The standard InChI is InChI=1S/C17H21N3O3S/c1-12-16(17(21)18-10-14-6-4-3-5-7-14)13(2)20(19-12)15-8-9-24(22,23)11-15/h3-7,15H,8-11H2,1-2H3,(H,18,21)/t15-/m1/s1. The van der Waals surface area contributed by atoms with E-state index >= 15 is 0 Å². The highest BCUT2D eigenvalue weighted by molar-refractivity contribution is 7.91. The molecule has 3 rings (SSSR count). The van der Waals surface area contributed by atoms with E-state index in [9.17, 15) is 13.2 Å². The summed E-state index contributed by atoms with van der Waals surface area (Å²) in [5, 5.41) is 7.33. The Morgan fingerprint density at radius 1 is 1.29 bits per heavy atom. The maximum absolute atomic E-state index is 12.5. The second-order valence-corrected chi connectivity index (χ2v) is 8.44. The number of nitrogens with one attached hydrogen (secondary N) is 1. The lowest BCUT2D eigenvalue weighted by Crippen LogP contribution is -2.24. The fraction of sp³-hybridized carbons (Fsp3) is 0.412. The number of amides is 1. The third-order valence-electron chi connectivity index (χ3n) is 4.40. The van der Waals surface area contributed by atoms with Gasteiger partial charge in [-0.3, -0.25) is 9.48 Å². The van der Waals surface area contributed by atoms with Gasteiger partial charge in [-0.2, -0.15) is 5.10 Å². The van der Waals surface area contributed by atoms with Crippen molar-refractivity contribution < 1.29 is 13.2 Å². The van der Waals surface area contributed by atoms with Crippen LogP contribution in [0.25, 0.3) is 0 Å². The maximum atomic E-state index is 12.5. The van der Waals surface area contributed by atoms with Gasteiger partial charge in [0.1, 0.15) is 0 Å². The van der Waals surface area contributed by atoms with Gasteiger partial charge in [-0.1, -0.05) is 30.3 Å². The molecule has 1 aliphatic rings. The largest absolute Gasteiger partial charge is 0.348 e. The van der Waals surface area contributed by atoms with Crippen molar-refractivity contribution in [3.63, 3.8) is 0 Å². The summed E-state index contributed by atoms with van der Waals surface area (Å²) in [6.45, 7) is 4.05. The lowest BCUT2D eigenvalue weighted by atomic mass is 10.1. The highest BCUT2D eigenvalue weighted by Gasteiger charge is 2.32. The van der Waals surface area contributed by atoms with Crippen molar-refractivity contribution in [2.24, 2.45) is 0 Å². The molecule has 0 spiro atoms. The van der Waals surface area contributed by atoms with Crippen LogP contribution in [0.1, 0.15) is 39.8 Å². The predicted octanol–water partition coefficient (Wildman–Crippen LogP) is 1.79. The van der Waals surface area contributed by atoms with Gasteiger partial charge in [-0.25, -0.2) is 8.42 Å². The molecule has 0 radical (unpaired) electrons. The minimum Gasteiger partial charge on any atom is -0.348 e. The number of sulfone groups is 1. The molecule has 1 fully saturated rings. The van der Waals surface area contributed by atoms with Gasteiger partial charge in [0, 0.05) is 12.2 Å². The van der Waals surface area contributed by atoms with Gasteiger partial charge in [0.25, 0.3) is 5.91 Å². The molecule has 1 atom stereocenters. The summed E-state index contributed by atoms with van der Waals surface area (Å²) in [7, 11) is -2.99. The molecule has 1 aromatic heterocycles. The number of rotatable bonds is 4. The average molecular weight is 347 g/mol. The van der Waals surface area contributed by atoms with Crippen LogP contribution >= 0.6 is 0 Å². The molecule has 1 aromatic carbocycles. The topological polar surface area (TPSA) is 81.1 Å². The van der Waals surface area contributed by atoms with Crippen LogP contribution in [0, 0.1) is 13.8 Å². The number of nitrogens with zero attached hydrogens (tertiary/aromatic N) is 2. The Balaban J connectivity index is 1.77. The lowest BCUT2D eigenvalue weighted by molar-refractivity contribution is 0.0949. The monoisotopic (exact) mass is 347 g/mol. The van der Waals surface area contributed by atoms with Crippen molar-refractivity contribution in [2.45, 2.75) is 32.9 Å². The number of hydrogen-bond donors (Lipinski definition) is 1. The molecular formula is C17H21N3O3S. The molecule has 1 aliphatic heterocycles. The Hall–Kier alpha value is -2.15. The fourth-order valence-electron chi connectivity index (χ4n) is 3.18. The first-order valence-electron chi connectivity index (χ1n) is 7.95. The molecule has 7 heteroatoms. The third kappa shape index (κ3) is 3.36. The van der Waals surface area contributed by atoms with Crippen molar-refractivity contribution >= 4 is 15.7 Å². The zero-order valence-electron chi connectivity index (χ0n) is 13.8. The minimum absolute atomic E-state index is 0.0973. The summed E-state index contributed by atoms with van der Waals surface area (Å²) >= 11 is 0. The smallest absolute Gasteiger partial charge is 0.255 e. The van der Waals surface area contributed by atoms with E-state index in [0.29, 0.717) is 24.2 Å². The van der Waals surface area contributed by atoms with E-state index in [2.05, 4.69) is 10.4 Å². The van der Waals surface area contributed by atoms with Gasteiger partial charge in [0.05, 0.1) is 28.8 Å². The van der Waals surface area contributed by atoms with Crippen LogP contribution in [0.4, 0.5) is 0 Å². The maximum Gasteiger partial charge on any atom is 0.255 e. The Morgan fingerprint density at radius 3 is 2.62 bits per heavy atom. The molecule has 24 heavy (non-hydrogen) atoms. The summed E-state index contributed by atoms with van der Waals surface area (Å²) < 4.78 is 25.1. The highest BCUT2D eigenvalue weighted by Crippen LogP contribution is 2.26. The molecule has 128 valence electrons. The zero-order chi connectivity index (χ0) is 17.3. The van der Waals surface area contributed by atoms with Crippen molar-refractivity contribution in [3.8, 4) is 0 Å². The van der Waals surface area contributed by atoms with E-state index in [1.54, 1.807) is 11.6 Å². The van der Waals surface area contributed by atoms with E-state index in [-0.39, 0.29) is 23.5 Å². The molecule has 1 N–H and O–H groups in total. The van der Waals surface area contributed by atoms with Crippen molar-refractivity contribution in [2.75, 3.05) is 11.5 Å². The number of carbonyl (C=O) groups excluding carboxylic acids is 1. The van der Waals surface area contributed by atoms with Gasteiger partial charge in [0.15, 0.2) is 9.84 Å². The second kappa shape index (κ2) is 6.39. The van der Waals surface area contributed by atoms with Crippen LogP contribution in [-0.2, 0) is 16.4 Å². The van der Waals surface area contributed by atoms with Crippen LogP contribution in [0.5, 0.6) is 0 Å². The molecule has 0 saturated carbocycles. The summed E-state index contributed by atoms with van der Waals surface area (Å²) in [5.41, 5.74) is 2.91. The molecular weight excluding hydrogens is 326 g/mol. The molecule has 2 heterocycles. The zero-order valence-corrected chi connectivity index (χ0v) is 14.6. The molecule has 2 aromatic rings. The second-order valence-electron chi connectivity index (χ2n) is 6.22. The Morgan fingerprint density at radius 2 is 2.00 bits per heavy atom. The van der Waals surface area contributed by atoms with E-state index in [0.717, 1.165) is 11.3 Å². The van der Waals surface area contributed by atoms with Crippen LogP contribution in [0.15, 0.2) is 30.3 Å². The van der Waals surface area contributed by atoms with Crippen molar-refractivity contribution in [3.05, 3.63) is 52.8 Å². The highest BCUT2D eigenvalue weighted by atomic mass is 32.2. The Kier molecular flexibility index (Phi) is 4.45. The average Bonchev–Trinajstić information content (AvgIpc) is 3.05. The molecule has 0 bridgehead atoms. The predicted molar refractivity (Wildman–Crippen MR) is 91.6 cm³/mol. The fourth-order valence-corrected chi connectivity index (χ4v) is 4.87. The van der Waals surface area contributed by atoms with Crippen LogP contribution in [0.3, 0.4) is 0 Å². The first-order chi connectivity index (χ1) is 11.4.